The van der Waals surface area contributed by atoms with Crippen LogP contribution in [-0.2, 0) is 14.3 Å². The Hall–Kier alpha value is -3.35. The minimum atomic E-state index is -0.856. The first-order valence-electron chi connectivity index (χ1n) is 11.5. The van der Waals surface area contributed by atoms with Crippen LogP contribution < -0.4 is 5.32 Å². The number of ether oxygens (including phenoxy) is 1. The number of carbonyl (C=O) groups excluding carboxylic acids is 2. The van der Waals surface area contributed by atoms with Crippen molar-refractivity contribution in [2.75, 3.05) is 26.2 Å². The molecule has 0 bridgehead atoms. The maximum absolute atomic E-state index is 12.2. The number of hydrogen-bond donors (Lipinski definition) is 2. The summed E-state index contributed by atoms with van der Waals surface area (Å²) in [5, 5.41) is 11.9. The van der Waals surface area contributed by atoms with Crippen molar-refractivity contribution in [3.8, 4) is 11.1 Å². The zero-order chi connectivity index (χ0) is 23.4. The summed E-state index contributed by atoms with van der Waals surface area (Å²) < 4.78 is 5.52. The van der Waals surface area contributed by atoms with Crippen molar-refractivity contribution in [1.82, 2.24) is 10.2 Å². The number of fused-ring (bicyclic) bond motifs is 3. The van der Waals surface area contributed by atoms with Crippen LogP contribution in [0.25, 0.3) is 11.1 Å². The number of hydrogen-bond acceptors (Lipinski definition) is 4. The van der Waals surface area contributed by atoms with Gasteiger partial charge in [-0.15, -0.1) is 0 Å². The van der Waals surface area contributed by atoms with Gasteiger partial charge in [-0.25, -0.2) is 4.79 Å². The molecule has 2 amide bonds. The second-order valence-electron chi connectivity index (χ2n) is 9.18. The van der Waals surface area contributed by atoms with Gasteiger partial charge in [0.15, 0.2) is 0 Å². The van der Waals surface area contributed by atoms with E-state index >= 15 is 0 Å². The maximum Gasteiger partial charge on any atom is 0.407 e. The molecular weight excluding hydrogens is 420 g/mol. The van der Waals surface area contributed by atoms with E-state index < -0.39 is 17.5 Å². The van der Waals surface area contributed by atoms with Gasteiger partial charge in [-0.3, -0.25) is 9.59 Å². The second-order valence-corrected chi connectivity index (χ2v) is 9.18. The van der Waals surface area contributed by atoms with Gasteiger partial charge in [0.2, 0.25) is 5.91 Å². The summed E-state index contributed by atoms with van der Waals surface area (Å²) in [5.74, 6) is -0.817. The van der Waals surface area contributed by atoms with Crippen molar-refractivity contribution in [2.45, 2.75) is 38.5 Å². The van der Waals surface area contributed by atoms with Crippen molar-refractivity contribution in [1.29, 1.82) is 0 Å². The summed E-state index contributed by atoms with van der Waals surface area (Å²) in [7, 11) is 0. The van der Waals surface area contributed by atoms with Crippen molar-refractivity contribution in [2.24, 2.45) is 5.41 Å². The minimum Gasteiger partial charge on any atom is -0.481 e. The van der Waals surface area contributed by atoms with E-state index in [4.69, 9.17) is 9.84 Å². The monoisotopic (exact) mass is 450 g/mol. The van der Waals surface area contributed by atoms with E-state index in [2.05, 4.69) is 29.6 Å². The van der Waals surface area contributed by atoms with Crippen molar-refractivity contribution >= 4 is 18.0 Å². The number of rotatable bonds is 9. The van der Waals surface area contributed by atoms with Crippen molar-refractivity contribution in [3.63, 3.8) is 0 Å². The van der Waals surface area contributed by atoms with E-state index in [1.165, 1.54) is 22.3 Å². The van der Waals surface area contributed by atoms with E-state index in [-0.39, 0.29) is 24.9 Å². The van der Waals surface area contributed by atoms with Crippen molar-refractivity contribution in [3.05, 3.63) is 59.7 Å². The quantitative estimate of drug-likeness (QED) is 0.563. The molecule has 2 N–H and O–H groups in total. The highest BCUT2D eigenvalue weighted by Gasteiger charge is 2.46. The first-order valence-corrected chi connectivity index (χ1v) is 11.5. The van der Waals surface area contributed by atoms with Crippen LogP contribution in [0.1, 0.15) is 49.7 Å². The molecule has 0 unspecified atom stereocenters. The molecule has 0 aromatic heterocycles. The average molecular weight is 451 g/mol. The number of nitrogens with zero attached hydrogens (tertiary/aromatic N) is 1. The van der Waals surface area contributed by atoms with E-state index in [9.17, 15) is 14.4 Å². The maximum atomic E-state index is 12.2. The van der Waals surface area contributed by atoms with E-state index in [0.717, 1.165) is 12.8 Å². The summed E-state index contributed by atoms with van der Waals surface area (Å²) in [4.78, 5) is 37.0. The lowest BCUT2D eigenvalue weighted by atomic mass is 9.82. The lowest BCUT2D eigenvalue weighted by molar-refractivity contribution is -0.163. The molecule has 2 aromatic carbocycles. The number of aliphatic carboxylic acids is 1. The topological polar surface area (TPSA) is 95.9 Å². The molecule has 1 fully saturated rings. The smallest absolute Gasteiger partial charge is 0.407 e. The number of likely N-dealkylation sites (tertiary alicyclic amines) is 1. The van der Waals surface area contributed by atoms with E-state index in [1.807, 2.05) is 24.3 Å². The predicted molar refractivity (Wildman–Crippen MR) is 124 cm³/mol. The molecular formula is C26H30N2O5. The van der Waals surface area contributed by atoms with Crippen LogP contribution >= 0.6 is 0 Å². The van der Waals surface area contributed by atoms with Crippen LogP contribution in [0.4, 0.5) is 4.79 Å². The Labute approximate surface area is 193 Å². The largest absolute Gasteiger partial charge is 0.481 e. The predicted octanol–water partition coefficient (Wildman–Crippen LogP) is 4.02. The summed E-state index contributed by atoms with van der Waals surface area (Å²) in [6.07, 6.45) is 2.25. The molecule has 2 aromatic rings. The highest BCUT2D eigenvalue weighted by atomic mass is 16.5. The highest BCUT2D eigenvalue weighted by Crippen LogP contribution is 2.44. The molecule has 0 saturated carbocycles. The molecule has 174 valence electrons. The Morgan fingerprint density at radius 2 is 1.61 bits per heavy atom. The fourth-order valence-corrected chi connectivity index (χ4v) is 4.68. The van der Waals surface area contributed by atoms with Gasteiger partial charge in [-0.1, -0.05) is 55.0 Å². The molecule has 1 aliphatic carbocycles. The first kappa shape index (κ1) is 22.8. The number of carboxylic acids is 1. The molecule has 4 rings (SSSR count). The van der Waals surface area contributed by atoms with Gasteiger partial charge in [0, 0.05) is 32.0 Å². The summed E-state index contributed by atoms with van der Waals surface area (Å²) in [5.41, 5.74) is 3.96. The average Bonchev–Trinajstić information content (AvgIpc) is 3.11. The SMILES string of the molecule is CC1(C(=O)O)CN(C(=O)CCCCCNC(=O)OCC2c3ccccc3-c3ccccc32)C1. The lowest BCUT2D eigenvalue weighted by Crippen LogP contribution is -2.60. The number of carbonyl (C=O) groups is 3. The van der Waals surface area contributed by atoms with Gasteiger partial charge >= 0.3 is 12.1 Å². The zero-order valence-corrected chi connectivity index (χ0v) is 18.9. The number of nitrogens with one attached hydrogen (secondary N) is 1. The van der Waals surface area contributed by atoms with Gasteiger partial charge in [0.25, 0.3) is 0 Å². The lowest BCUT2D eigenvalue weighted by Gasteiger charge is -2.44. The van der Waals surface area contributed by atoms with Crippen LogP contribution in [0.5, 0.6) is 0 Å². The number of unbranched alkanes of at least 4 members (excludes halogenated alkanes) is 2. The molecule has 0 atom stereocenters. The van der Waals surface area contributed by atoms with Gasteiger partial charge < -0.3 is 20.1 Å². The van der Waals surface area contributed by atoms with Gasteiger partial charge in [0.05, 0.1) is 5.41 Å². The fourth-order valence-electron chi connectivity index (χ4n) is 4.68. The first-order chi connectivity index (χ1) is 15.9. The van der Waals surface area contributed by atoms with Crippen LogP contribution in [0.3, 0.4) is 0 Å². The van der Waals surface area contributed by atoms with Crippen LogP contribution in [0.2, 0.25) is 0 Å². The molecule has 0 radical (unpaired) electrons. The third-order valence-electron chi connectivity index (χ3n) is 6.63. The third kappa shape index (κ3) is 4.87. The number of carboxylic acid groups (broad SMARTS) is 1. The Bertz CT molecular complexity index is 999. The molecule has 1 aliphatic heterocycles. The van der Waals surface area contributed by atoms with Gasteiger partial charge in [-0.05, 0) is 42.0 Å². The van der Waals surface area contributed by atoms with Crippen LogP contribution in [0, 0.1) is 5.41 Å². The summed E-state index contributed by atoms with van der Waals surface area (Å²) in [6, 6.07) is 16.4. The van der Waals surface area contributed by atoms with Gasteiger partial charge in [0.1, 0.15) is 6.61 Å². The van der Waals surface area contributed by atoms with Crippen LogP contribution in [0.15, 0.2) is 48.5 Å². The molecule has 1 heterocycles. The number of amides is 2. The van der Waals surface area contributed by atoms with E-state index in [0.29, 0.717) is 26.0 Å². The molecule has 1 saturated heterocycles. The molecule has 2 aliphatic rings. The standard InChI is InChI=1S/C26H30N2O5/c1-26(24(30)31)16-28(17-26)23(29)13-3-2-8-14-27-25(32)33-15-22-20-11-6-4-9-18(20)19-10-5-7-12-21(19)22/h4-7,9-12,22H,2-3,8,13-17H2,1H3,(H,27,32)(H,30,31). The highest BCUT2D eigenvalue weighted by molar-refractivity contribution is 5.83. The zero-order valence-electron chi connectivity index (χ0n) is 18.9. The third-order valence-corrected chi connectivity index (χ3v) is 6.63. The molecule has 0 spiro atoms. The Balaban J connectivity index is 1.12. The fraction of sp³-hybridized carbons (Fsp3) is 0.423. The summed E-state index contributed by atoms with van der Waals surface area (Å²) in [6.45, 7) is 3.01. The molecule has 7 nitrogen and oxygen atoms in total. The van der Waals surface area contributed by atoms with Gasteiger partial charge in [-0.2, -0.15) is 0 Å². The molecule has 33 heavy (non-hydrogen) atoms. The second kappa shape index (κ2) is 9.65. The summed E-state index contributed by atoms with van der Waals surface area (Å²) >= 11 is 0. The van der Waals surface area contributed by atoms with Crippen LogP contribution in [-0.4, -0.2) is 54.2 Å². The normalized spacial score (nSPS) is 15.8. The molecule has 7 heteroatoms. The number of benzene rings is 2. The Morgan fingerprint density at radius 1 is 1.00 bits per heavy atom. The van der Waals surface area contributed by atoms with Crippen molar-refractivity contribution < 1.29 is 24.2 Å². The Kier molecular flexibility index (Phi) is 6.67. The minimum absolute atomic E-state index is 0.00165. The number of alkyl carbamates (subject to hydrolysis) is 1. The van der Waals surface area contributed by atoms with E-state index in [1.54, 1.807) is 11.8 Å². The Morgan fingerprint density at radius 3 is 2.21 bits per heavy atom.